The first kappa shape index (κ1) is 35.2. The Labute approximate surface area is 361 Å². The molecular formula is C57H34N4O2. The fourth-order valence-electron chi connectivity index (χ4n) is 9.38. The Balaban J connectivity index is 1.14. The lowest BCUT2D eigenvalue weighted by atomic mass is 9.92. The number of benzene rings is 9. The van der Waals surface area contributed by atoms with Crippen LogP contribution in [0.5, 0.6) is 0 Å². The van der Waals surface area contributed by atoms with E-state index in [-0.39, 0.29) is 0 Å². The minimum Gasteiger partial charge on any atom is -0.455 e. The molecule has 0 spiro atoms. The molecule has 0 aliphatic rings. The zero-order chi connectivity index (χ0) is 41.4. The molecule has 0 radical (unpaired) electrons. The Kier molecular flexibility index (Phi) is 7.80. The Morgan fingerprint density at radius 3 is 1.44 bits per heavy atom. The smallest absolute Gasteiger partial charge is 0.164 e. The van der Waals surface area contributed by atoms with Crippen LogP contribution in [0.4, 0.5) is 0 Å². The van der Waals surface area contributed by atoms with Crippen LogP contribution in [0, 0.1) is 0 Å². The highest BCUT2D eigenvalue weighted by Gasteiger charge is 2.23. The maximum Gasteiger partial charge on any atom is 0.164 e. The van der Waals surface area contributed by atoms with Gasteiger partial charge in [-0.1, -0.05) is 164 Å². The van der Waals surface area contributed by atoms with Crippen molar-refractivity contribution in [2.24, 2.45) is 0 Å². The molecule has 0 aliphatic heterocycles. The van der Waals surface area contributed by atoms with Crippen molar-refractivity contribution in [2.75, 3.05) is 0 Å². The van der Waals surface area contributed by atoms with Gasteiger partial charge < -0.3 is 13.4 Å². The molecule has 13 rings (SSSR count). The van der Waals surface area contributed by atoms with Crippen LogP contribution >= 0.6 is 0 Å². The van der Waals surface area contributed by atoms with Crippen LogP contribution in [-0.4, -0.2) is 19.5 Å². The Morgan fingerprint density at radius 1 is 0.302 bits per heavy atom. The summed E-state index contributed by atoms with van der Waals surface area (Å²) in [6.45, 7) is 0. The number of hydrogen-bond acceptors (Lipinski definition) is 5. The largest absolute Gasteiger partial charge is 0.455 e. The van der Waals surface area contributed by atoms with Crippen LogP contribution in [0.1, 0.15) is 0 Å². The quantitative estimate of drug-likeness (QED) is 0.167. The molecule has 0 saturated heterocycles. The van der Waals surface area contributed by atoms with Gasteiger partial charge in [-0.3, -0.25) is 0 Å². The van der Waals surface area contributed by atoms with Gasteiger partial charge in [0, 0.05) is 65.8 Å². The van der Waals surface area contributed by atoms with E-state index < -0.39 is 0 Å². The number of para-hydroxylation sites is 5. The van der Waals surface area contributed by atoms with Crippen molar-refractivity contribution in [2.45, 2.75) is 0 Å². The number of nitrogens with zero attached hydrogens (tertiary/aromatic N) is 4. The summed E-state index contributed by atoms with van der Waals surface area (Å²) in [7, 11) is 0. The predicted octanol–water partition coefficient (Wildman–Crippen LogP) is 15.1. The standard InChI is InChI=1S/C57H34N4O2/c1-3-16-35(17-4-1)55-58-56(36-18-5-2-6-19-36)60-57(59-55)48-32-37(39-24-15-25-45-43-22-9-13-28-51(43)62-53(39)45)30-31-40(48)46-33-38(34-47-44-23-10-14-29-52(44)63-54(46)47)61-49-26-11-7-20-41(49)42-21-8-12-27-50(42)61/h1-34H. The van der Waals surface area contributed by atoms with Crippen molar-refractivity contribution in [3.63, 3.8) is 0 Å². The van der Waals surface area contributed by atoms with E-state index in [2.05, 4.69) is 126 Å². The highest BCUT2D eigenvalue weighted by Crippen LogP contribution is 2.45. The minimum absolute atomic E-state index is 0.544. The lowest BCUT2D eigenvalue weighted by molar-refractivity contribution is 0.669. The molecule has 294 valence electrons. The topological polar surface area (TPSA) is 69.9 Å². The first-order valence-electron chi connectivity index (χ1n) is 21.1. The van der Waals surface area contributed by atoms with Crippen molar-refractivity contribution in [3.8, 4) is 62.1 Å². The molecule has 63 heavy (non-hydrogen) atoms. The normalized spacial score (nSPS) is 11.8. The fourth-order valence-corrected chi connectivity index (χ4v) is 9.38. The van der Waals surface area contributed by atoms with Crippen LogP contribution in [0.15, 0.2) is 215 Å². The Hall–Kier alpha value is -8.61. The highest BCUT2D eigenvalue weighted by molar-refractivity contribution is 6.14. The van der Waals surface area contributed by atoms with E-state index in [1.165, 1.54) is 10.8 Å². The lowest BCUT2D eigenvalue weighted by Gasteiger charge is -2.16. The third kappa shape index (κ3) is 5.62. The van der Waals surface area contributed by atoms with Gasteiger partial charge in [0.2, 0.25) is 0 Å². The van der Waals surface area contributed by atoms with E-state index in [0.717, 1.165) is 99.5 Å². The zero-order valence-corrected chi connectivity index (χ0v) is 33.7. The molecule has 6 heteroatoms. The summed E-state index contributed by atoms with van der Waals surface area (Å²) in [5.41, 5.74) is 13.0. The second-order valence-electron chi connectivity index (χ2n) is 15.9. The summed E-state index contributed by atoms with van der Waals surface area (Å²) in [5.74, 6) is 1.72. The van der Waals surface area contributed by atoms with Gasteiger partial charge in [-0.05, 0) is 53.6 Å². The van der Waals surface area contributed by atoms with E-state index in [1.54, 1.807) is 0 Å². The monoisotopic (exact) mass is 806 g/mol. The molecule has 9 aromatic carbocycles. The maximum absolute atomic E-state index is 6.89. The van der Waals surface area contributed by atoms with Crippen molar-refractivity contribution >= 4 is 65.7 Å². The van der Waals surface area contributed by atoms with Gasteiger partial charge >= 0.3 is 0 Å². The second-order valence-corrected chi connectivity index (χ2v) is 15.9. The average molecular weight is 807 g/mol. The second kappa shape index (κ2) is 14.0. The molecule has 0 bridgehead atoms. The number of hydrogen-bond donors (Lipinski definition) is 0. The summed E-state index contributed by atoms with van der Waals surface area (Å²) >= 11 is 0. The number of aromatic nitrogens is 4. The predicted molar refractivity (Wildman–Crippen MR) is 256 cm³/mol. The first-order chi connectivity index (χ1) is 31.2. The Bertz CT molecular complexity index is 3810. The molecule has 13 aromatic rings. The molecule has 0 aliphatic carbocycles. The van der Waals surface area contributed by atoms with E-state index in [1.807, 2.05) is 84.9 Å². The van der Waals surface area contributed by atoms with Gasteiger partial charge in [0.05, 0.1) is 11.0 Å². The highest BCUT2D eigenvalue weighted by atomic mass is 16.3. The summed E-state index contributed by atoms with van der Waals surface area (Å²) in [4.78, 5) is 15.7. The molecule has 0 saturated carbocycles. The van der Waals surface area contributed by atoms with Crippen molar-refractivity contribution in [1.29, 1.82) is 0 Å². The Morgan fingerprint density at radius 2 is 0.810 bits per heavy atom. The summed E-state index contributed by atoms with van der Waals surface area (Å²) in [6.07, 6.45) is 0. The van der Waals surface area contributed by atoms with Gasteiger partial charge in [0.15, 0.2) is 17.5 Å². The zero-order valence-electron chi connectivity index (χ0n) is 33.7. The molecule has 0 amide bonds. The van der Waals surface area contributed by atoms with Crippen LogP contribution < -0.4 is 0 Å². The maximum atomic E-state index is 6.89. The van der Waals surface area contributed by atoms with E-state index in [4.69, 9.17) is 23.8 Å². The molecule has 6 nitrogen and oxygen atoms in total. The number of fused-ring (bicyclic) bond motifs is 9. The molecule has 0 fully saturated rings. The summed E-state index contributed by atoms with van der Waals surface area (Å²) < 4.78 is 15.9. The fraction of sp³-hybridized carbons (Fsp3) is 0. The number of furan rings is 2. The minimum atomic E-state index is 0.544. The summed E-state index contributed by atoms with van der Waals surface area (Å²) in [5, 5.41) is 6.61. The van der Waals surface area contributed by atoms with E-state index in [9.17, 15) is 0 Å². The molecule has 0 atom stereocenters. The van der Waals surface area contributed by atoms with Gasteiger partial charge in [-0.15, -0.1) is 0 Å². The lowest BCUT2D eigenvalue weighted by Crippen LogP contribution is -2.02. The van der Waals surface area contributed by atoms with Crippen molar-refractivity contribution in [3.05, 3.63) is 206 Å². The third-order valence-electron chi connectivity index (χ3n) is 12.3. The SMILES string of the molecule is c1ccc(-c2nc(-c3ccccc3)nc(-c3cc(-c4cccc5c4oc4ccccc45)ccc3-c3cc(-n4c5ccccc5c5ccccc54)cc4c3oc3ccccc34)n2)cc1. The number of rotatable bonds is 6. The van der Waals surface area contributed by atoms with Crippen LogP contribution in [0.2, 0.25) is 0 Å². The molecular weight excluding hydrogens is 773 g/mol. The van der Waals surface area contributed by atoms with Crippen LogP contribution in [0.3, 0.4) is 0 Å². The van der Waals surface area contributed by atoms with Crippen LogP contribution in [-0.2, 0) is 0 Å². The van der Waals surface area contributed by atoms with E-state index >= 15 is 0 Å². The molecule has 4 aromatic heterocycles. The van der Waals surface area contributed by atoms with Gasteiger partial charge in [0.25, 0.3) is 0 Å². The molecule has 4 heterocycles. The average Bonchev–Trinajstić information content (AvgIpc) is 4.04. The molecule has 0 N–H and O–H groups in total. The van der Waals surface area contributed by atoms with Crippen molar-refractivity contribution < 1.29 is 8.83 Å². The van der Waals surface area contributed by atoms with Gasteiger partial charge in [-0.2, -0.15) is 0 Å². The van der Waals surface area contributed by atoms with Gasteiger partial charge in [-0.25, -0.2) is 15.0 Å². The van der Waals surface area contributed by atoms with Crippen LogP contribution in [0.25, 0.3) is 128 Å². The van der Waals surface area contributed by atoms with E-state index in [0.29, 0.717) is 17.5 Å². The first-order valence-corrected chi connectivity index (χ1v) is 21.1. The van der Waals surface area contributed by atoms with Gasteiger partial charge in [0.1, 0.15) is 22.3 Å². The summed E-state index contributed by atoms with van der Waals surface area (Å²) in [6, 6.07) is 71.4. The van der Waals surface area contributed by atoms with Crippen molar-refractivity contribution in [1.82, 2.24) is 19.5 Å². The third-order valence-corrected chi connectivity index (χ3v) is 12.3. The molecule has 0 unspecified atom stereocenters.